The van der Waals surface area contributed by atoms with Gasteiger partial charge in [-0.3, -0.25) is 4.79 Å². The summed E-state index contributed by atoms with van der Waals surface area (Å²) in [6.45, 7) is 4.57. The topological polar surface area (TPSA) is 42.4 Å². The van der Waals surface area contributed by atoms with Gasteiger partial charge in [0.2, 0.25) is 5.91 Å². The number of para-hydroxylation sites is 1. The van der Waals surface area contributed by atoms with E-state index in [0.29, 0.717) is 32.7 Å². The van der Waals surface area contributed by atoms with Crippen molar-refractivity contribution in [3.8, 4) is 0 Å². The third-order valence-electron chi connectivity index (χ3n) is 5.02. The highest BCUT2D eigenvalue weighted by atomic mass is 32.1. The van der Waals surface area contributed by atoms with Gasteiger partial charge in [-0.15, -0.1) is 11.3 Å². The molecule has 1 saturated heterocycles. The zero-order chi connectivity index (χ0) is 18.0. The number of hydrogen-bond acceptors (Lipinski definition) is 4. The summed E-state index contributed by atoms with van der Waals surface area (Å²) in [6.07, 6.45) is 0.604. The maximum atomic E-state index is 13.5. The van der Waals surface area contributed by atoms with Crippen LogP contribution in [0.1, 0.15) is 17.5 Å². The number of carbonyl (C=O) groups excluding carboxylic acids is 1. The van der Waals surface area contributed by atoms with Crippen molar-refractivity contribution in [3.63, 3.8) is 0 Å². The fourth-order valence-electron chi connectivity index (χ4n) is 3.52. The first-order valence-corrected chi connectivity index (χ1v) is 9.75. The second-order valence-electron chi connectivity index (χ2n) is 6.85. The number of carbonyl (C=O) groups is 1. The molecule has 0 saturated carbocycles. The van der Waals surface area contributed by atoms with Crippen molar-refractivity contribution >= 4 is 27.5 Å². The molecule has 0 radical (unpaired) electrons. The Hall–Kier alpha value is -2.24. The predicted octanol–water partition coefficient (Wildman–Crippen LogP) is 3.66. The van der Waals surface area contributed by atoms with Crippen molar-refractivity contribution in [1.29, 1.82) is 0 Å². The summed E-state index contributed by atoms with van der Waals surface area (Å²) in [5.41, 5.74) is 1.41. The van der Waals surface area contributed by atoms with E-state index in [9.17, 15) is 4.79 Å². The molecule has 4 rings (SSSR count). The average Bonchev–Trinajstić information content (AvgIpc) is 3.10. The van der Waals surface area contributed by atoms with Crippen LogP contribution >= 0.6 is 11.3 Å². The summed E-state index contributed by atoms with van der Waals surface area (Å²) >= 11 is 1.68. The van der Waals surface area contributed by atoms with E-state index in [1.54, 1.807) is 11.3 Å². The lowest BCUT2D eigenvalue weighted by atomic mass is 9.78. The SMILES string of the molecule is C[C@](Cc1nc2ccccc2s1)(C(=O)N1CCOCC1)c1ccccc1. The van der Waals surface area contributed by atoms with Crippen molar-refractivity contribution in [3.05, 3.63) is 65.2 Å². The number of hydrogen-bond donors (Lipinski definition) is 0. The number of rotatable bonds is 4. The Bertz CT molecular complexity index is 870. The molecule has 1 aliphatic heterocycles. The standard InChI is InChI=1S/C21H22N2O2S/c1-21(16-7-3-2-4-8-16,20(24)23-11-13-25-14-12-23)15-19-22-17-9-5-6-10-18(17)26-19/h2-10H,11-15H2,1H3/t21-/m1/s1. The normalized spacial score (nSPS) is 17.2. The molecule has 0 aliphatic carbocycles. The molecule has 1 amide bonds. The molecular weight excluding hydrogens is 344 g/mol. The van der Waals surface area contributed by atoms with Gasteiger partial charge in [0.05, 0.1) is 33.9 Å². The van der Waals surface area contributed by atoms with Gasteiger partial charge in [0.25, 0.3) is 0 Å². The second-order valence-corrected chi connectivity index (χ2v) is 7.97. The molecule has 5 heteroatoms. The lowest BCUT2D eigenvalue weighted by Gasteiger charge is -2.36. The highest BCUT2D eigenvalue weighted by Crippen LogP contribution is 2.33. The predicted molar refractivity (Wildman–Crippen MR) is 105 cm³/mol. The molecular formula is C21H22N2O2S. The van der Waals surface area contributed by atoms with E-state index in [1.165, 1.54) is 0 Å². The minimum Gasteiger partial charge on any atom is -0.378 e. The molecule has 134 valence electrons. The maximum Gasteiger partial charge on any atom is 0.233 e. The highest BCUT2D eigenvalue weighted by Gasteiger charge is 2.39. The van der Waals surface area contributed by atoms with E-state index in [2.05, 4.69) is 6.07 Å². The number of fused-ring (bicyclic) bond motifs is 1. The van der Waals surface area contributed by atoms with E-state index in [0.717, 1.165) is 20.8 Å². The average molecular weight is 366 g/mol. The first-order chi connectivity index (χ1) is 12.7. The van der Waals surface area contributed by atoms with E-state index >= 15 is 0 Å². The summed E-state index contributed by atoms with van der Waals surface area (Å²) in [5, 5.41) is 0.999. The Balaban J connectivity index is 1.71. The molecule has 0 spiro atoms. The van der Waals surface area contributed by atoms with E-state index in [4.69, 9.17) is 9.72 Å². The summed E-state index contributed by atoms with van der Waals surface area (Å²) in [5.74, 6) is 0.159. The zero-order valence-electron chi connectivity index (χ0n) is 14.9. The molecule has 26 heavy (non-hydrogen) atoms. The van der Waals surface area contributed by atoms with Gasteiger partial charge in [-0.25, -0.2) is 4.98 Å². The van der Waals surface area contributed by atoms with Gasteiger partial charge in [-0.1, -0.05) is 42.5 Å². The summed E-state index contributed by atoms with van der Waals surface area (Å²) < 4.78 is 6.59. The summed E-state index contributed by atoms with van der Waals surface area (Å²) in [7, 11) is 0. The Labute approximate surface area is 157 Å². The third-order valence-corrected chi connectivity index (χ3v) is 6.06. The lowest BCUT2D eigenvalue weighted by molar-refractivity contribution is -0.141. The van der Waals surface area contributed by atoms with Gasteiger partial charge in [-0.2, -0.15) is 0 Å². The number of aromatic nitrogens is 1. The molecule has 2 aromatic carbocycles. The number of nitrogens with zero attached hydrogens (tertiary/aromatic N) is 2. The molecule has 1 aromatic heterocycles. The van der Waals surface area contributed by atoms with E-state index < -0.39 is 5.41 Å². The first kappa shape index (κ1) is 17.2. The molecule has 3 aromatic rings. The Morgan fingerprint density at radius 3 is 2.54 bits per heavy atom. The van der Waals surface area contributed by atoms with Gasteiger partial charge in [0.1, 0.15) is 0 Å². The maximum absolute atomic E-state index is 13.5. The van der Waals surface area contributed by atoms with Crippen molar-refractivity contribution in [2.75, 3.05) is 26.3 Å². The van der Waals surface area contributed by atoms with Crippen LogP contribution in [0.2, 0.25) is 0 Å². The smallest absolute Gasteiger partial charge is 0.233 e. The van der Waals surface area contributed by atoms with Crippen LogP contribution in [0.5, 0.6) is 0 Å². The van der Waals surface area contributed by atoms with Crippen LogP contribution in [0.3, 0.4) is 0 Å². The van der Waals surface area contributed by atoms with E-state index in [1.807, 2.05) is 60.4 Å². The molecule has 1 atom stereocenters. The molecule has 2 heterocycles. The Kier molecular flexibility index (Phi) is 4.74. The molecule has 1 aliphatic rings. The van der Waals surface area contributed by atoms with Crippen LogP contribution in [0.15, 0.2) is 54.6 Å². The molecule has 1 fully saturated rings. The third kappa shape index (κ3) is 3.24. The summed E-state index contributed by atoms with van der Waals surface area (Å²) in [4.78, 5) is 20.2. The summed E-state index contributed by atoms with van der Waals surface area (Å²) in [6, 6.07) is 18.2. The minimum atomic E-state index is -0.632. The van der Waals surface area contributed by atoms with Crippen LogP contribution in [-0.4, -0.2) is 42.1 Å². The van der Waals surface area contributed by atoms with Crippen LogP contribution in [0.25, 0.3) is 10.2 Å². The van der Waals surface area contributed by atoms with Gasteiger partial charge in [-0.05, 0) is 24.6 Å². The van der Waals surface area contributed by atoms with Crippen LogP contribution < -0.4 is 0 Å². The van der Waals surface area contributed by atoms with Crippen molar-refractivity contribution in [2.24, 2.45) is 0 Å². The van der Waals surface area contributed by atoms with Gasteiger partial charge in [0.15, 0.2) is 0 Å². The van der Waals surface area contributed by atoms with Gasteiger partial charge < -0.3 is 9.64 Å². The highest BCUT2D eigenvalue weighted by molar-refractivity contribution is 7.18. The van der Waals surface area contributed by atoms with Crippen LogP contribution in [0.4, 0.5) is 0 Å². The van der Waals surface area contributed by atoms with Crippen molar-refractivity contribution < 1.29 is 9.53 Å². The quantitative estimate of drug-likeness (QED) is 0.708. The number of ether oxygens (including phenoxy) is 1. The van der Waals surface area contributed by atoms with Crippen molar-refractivity contribution in [1.82, 2.24) is 9.88 Å². The first-order valence-electron chi connectivity index (χ1n) is 8.94. The van der Waals surface area contributed by atoms with Crippen LogP contribution in [-0.2, 0) is 21.4 Å². The number of amides is 1. The van der Waals surface area contributed by atoms with Gasteiger partial charge in [0, 0.05) is 19.5 Å². The lowest BCUT2D eigenvalue weighted by Crippen LogP contribution is -2.50. The molecule has 4 nitrogen and oxygen atoms in total. The fraction of sp³-hybridized carbons (Fsp3) is 0.333. The second kappa shape index (κ2) is 7.17. The molecule has 0 unspecified atom stereocenters. The minimum absolute atomic E-state index is 0.159. The number of thiazole rings is 1. The van der Waals surface area contributed by atoms with Crippen LogP contribution in [0, 0.1) is 0 Å². The largest absolute Gasteiger partial charge is 0.378 e. The zero-order valence-corrected chi connectivity index (χ0v) is 15.7. The van der Waals surface area contributed by atoms with Gasteiger partial charge >= 0.3 is 0 Å². The Morgan fingerprint density at radius 2 is 1.81 bits per heavy atom. The Morgan fingerprint density at radius 1 is 1.12 bits per heavy atom. The monoisotopic (exact) mass is 366 g/mol. The molecule has 0 bridgehead atoms. The number of morpholine rings is 1. The van der Waals surface area contributed by atoms with E-state index in [-0.39, 0.29) is 5.91 Å². The van der Waals surface area contributed by atoms with Crippen molar-refractivity contribution in [2.45, 2.75) is 18.8 Å². The number of benzene rings is 2. The molecule has 0 N–H and O–H groups in total. The fourth-order valence-corrected chi connectivity index (χ4v) is 4.64.